The molecule has 2 aliphatic rings. The van der Waals surface area contributed by atoms with Gasteiger partial charge in [0.05, 0.1) is 23.1 Å². The number of Topliss-reactive ketones (excluding diaryl/α,β-unsaturated/α-hetero) is 1. The van der Waals surface area contributed by atoms with E-state index < -0.39 is 11.8 Å². The van der Waals surface area contributed by atoms with Gasteiger partial charge in [0.15, 0.2) is 5.78 Å². The SMILES string of the molecule is N#CC1=C(N)N(NC(=O)c2cccnc2)C2=C(C(=O)CCC2)C1c1ccccc1Cl. The average Bonchev–Trinajstić information content (AvgIpc) is 2.76. The number of halogens is 1. The molecule has 2 aromatic rings. The summed E-state index contributed by atoms with van der Waals surface area (Å²) >= 11 is 6.41. The van der Waals surface area contributed by atoms with Gasteiger partial charge in [0.25, 0.3) is 5.91 Å². The van der Waals surface area contributed by atoms with E-state index in [1.54, 1.807) is 42.6 Å². The van der Waals surface area contributed by atoms with E-state index in [2.05, 4.69) is 16.5 Å². The van der Waals surface area contributed by atoms with Crippen LogP contribution in [0.3, 0.4) is 0 Å². The van der Waals surface area contributed by atoms with Crippen molar-refractivity contribution >= 4 is 23.3 Å². The number of nitrogens with one attached hydrogen (secondary N) is 1. The van der Waals surface area contributed by atoms with Gasteiger partial charge in [-0.25, -0.2) is 5.01 Å². The Bertz CT molecular complexity index is 1130. The van der Waals surface area contributed by atoms with E-state index >= 15 is 0 Å². The van der Waals surface area contributed by atoms with Crippen LogP contribution in [0.5, 0.6) is 0 Å². The van der Waals surface area contributed by atoms with Crippen LogP contribution in [0.1, 0.15) is 41.1 Å². The molecule has 30 heavy (non-hydrogen) atoms. The van der Waals surface area contributed by atoms with E-state index in [9.17, 15) is 14.9 Å². The number of nitrogens with two attached hydrogens (primary N) is 1. The highest BCUT2D eigenvalue weighted by molar-refractivity contribution is 6.31. The van der Waals surface area contributed by atoms with E-state index in [4.69, 9.17) is 17.3 Å². The number of nitriles is 1. The number of hydrogen-bond acceptors (Lipinski definition) is 6. The van der Waals surface area contributed by atoms with E-state index in [0.717, 1.165) is 0 Å². The van der Waals surface area contributed by atoms with Crippen LogP contribution in [0, 0.1) is 11.3 Å². The maximum atomic E-state index is 13.0. The van der Waals surface area contributed by atoms with Gasteiger partial charge in [-0.2, -0.15) is 5.26 Å². The Morgan fingerprint density at radius 1 is 1.27 bits per heavy atom. The molecule has 7 nitrogen and oxygen atoms in total. The molecule has 1 aromatic carbocycles. The molecule has 1 amide bonds. The molecule has 3 N–H and O–H groups in total. The smallest absolute Gasteiger partial charge is 0.271 e. The van der Waals surface area contributed by atoms with E-state index in [-0.39, 0.29) is 17.2 Å². The maximum Gasteiger partial charge on any atom is 0.271 e. The molecular formula is C22H18ClN5O2. The molecule has 0 saturated heterocycles. The molecule has 1 atom stereocenters. The van der Waals surface area contributed by atoms with Crippen LogP contribution in [-0.2, 0) is 4.79 Å². The van der Waals surface area contributed by atoms with Crippen molar-refractivity contribution in [2.75, 3.05) is 0 Å². The number of benzene rings is 1. The number of rotatable bonds is 3. The van der Waals surface area contributed by atoms with Crippen LogP contribution < -0.4 is 11.2 Å². The average molecular weight is 420 g/mol. The van der Waals surface area contributed by atoms with Crippen molar-refractivity contribution in [3.8, 4) is 6.07 Å². The van der Waals surface area contributed by atoms with Crippen molar-refractivity contribution in [3.63, 3.8) is 0 Å². The Morgan fingerprint density at radius 3 is 2.77 bits per heavy atom. The van der Waals surface area contributed by atoms with Gasteiger partial charge in [0, 0.05) is 35.1 Å². The van der Waals surface area contributed by atoms with Crippen LogP contribution in [0.2, 0.25) is 5.02 Å². The molecule has 1 aromatic heterocycles. The first-order chi connectivity index (χ1) is 14.5. The lowest BCUT2D eigenvalue weighted by atomic mass is 9.76. The van der Waals surface area contributed by atoms with Crippen molar-refractivity contribution in [1.29, 1.82) is 5.26 Å². The van der Waals surface area contributed by atoms with Crippen LogP contribution >= 0.6 is 11.6 Å². The summed E-state index contributed by atoms with van der Waals surface area (Å²) in [7, 11) is 0. The largest absolute Gasteiger partial charge is 0.383 e. The summed E-state index contributed by atoms with van der Waals surface area (Å²) in [6.45, 7) is 0. The zero-order chi connectivity index (χ0) is 21.3. The molecule has 1 aliphatic carbocycles. The predicted molar refractivity (Wildman–Crippen MR) is 110 cm³/mol. The Morgan fingerprint density at radius 2 is 2.07 bits per heavy atom. The molecule has 8 heteroatoms. The lowest BCUT2D eigenvalue weighted by Gasteiger charge is -2.39. The third kappa shape index (κ3) is 3.31. The zero-order valence-electron chi connectivity index (χ0n) is 15.9. The van der Waals surface area contributed by atoms with Gasteiger partial charge in [-0.1, -0.05) is 29.8 Å². The second-order valence-corrected chi connectivity index (χ2v) is 7.43. The standard InChI is InChI=1S/C22H18ClN5O2/c23-16-7-2-1-6-14(16)19-15(11-24)21(25)28(17-8-3-9-18(29)20(17)19)27-22(30)13-5-4-10-26-12-13/h1-2,4-7,10,12,19H,3,8-9,25H2,(H,27,30). The number of amides is 1. The first-order valence-corrected chi connectivity index (χ1v) is 9.82. The number of carbonyl (C=O) groups is 2. The molecule has 1 aliphatic heterocycles. The second-order valence-electron chi connectivity index (χ2n) is 7.02. The Labute approximate surface area is 178 Å². The van der Waals surface area contributed by atoms with Crippen LogP contribution in [0.4, 0.5) is 0 Å². The van der Waals surface area contributed by atoms with Crippen LogP contribution in [0.25, 0.3) is 0 Å². The molecule has 0 fully saturated rings. The van der Waals surface area contributed by atoms with E-state index in [1.807, 2.05) is 0 Å². The highest BCUT2D eigenvalue weighted by Gasteiger charge is 2.41. The van der Waals surface area contributed by atoms with Gasteiger partial charge < -0.3 is 5.73 Å². The first-order valence-electron chi connectivity index (χ1n) is 9.44. The predicted octanol–water partition coefficient (Wildman–Crippen LogP) is 3.18. The third-order valence-corrected chi connectivity index (χ3v) is 5.61. The van der Waals surface area contributed by atoms with Crippen molar-refractivity contribution in [3.05, 3.63) is 87.6 Å². The number of pyridine rings is 1. The van der Waals surface area contributed by atoms with Gasteiger partial charge in [-0.15, -0.1) is 0 Å². The van der Waals surface area contributed by atoms with Crippen LogP contribution in [0.15, 0.2) is 71.5 Å². The highest BCUT2D eigenvalue weighted by atomic mass is 35.5. The summed E-state index contributed by atoms with van der Waals surface area (Å²) in [5.41, 5.74) is 11.3. The minimum absolute atomic E-state index is 0.0770. The van der Waals surface area contributed by atoms with E-state index in [1.165, 1.54) is 11.2 Å². The van der Waals surface area contributed by atoms with Gasteiger partial charge >= 0.3 is 0 Å². The molecular weight excluding hydrogens is 402 g/mol. The molecule has 2 heterocycles. The Balaban J connectivity index is 1.84. The summed E-state index contributed by atoms with van der Waals surface area (Å²) < 4.78 is 0. The molecule has 0 radical (unpaired) electrons. The summed E-state index contributed by atoms with van der Waals surface area (Å²) in [5, 5.41) is 11.7. The minimum atomic E-state index is -0.668. The number of nitrogens with zero attached hydrogens (tertiary/aromatic N) is 3. The molecule has 150 valence electrons. The Kier molecular flexibility index (Phi) is 5.25. The molecule has 0 spiro atoms. The van der Waals surface area contributed by atoms with Gasteiger partial charge in [0.2, 0.25) is 0 Å². The zero-order valence-corrected chi connectivity index (χ0v) is 16.7. The third-order valence-electron chi connectivity index (χ3n) is 5.27. The van der Waals surface area contributed by atoms with Crippen molar-refractivity contribution in [2.24, 2.45) is 5.73 Å². The fraction of sp³-hybridized carbons (Fsp3) is 0.182. The van der Waals surface area contributed by atoms with Gasteiger partial charge in [-0.05, 0) is 36.6 Å². The number of hydrogen-bond donors (Lipinski definition) is 2. The van der Waals surface area contributed by atoms with Gasteiger partial charge in [0.1, 0.15) is 5.82 Å². The summed E-state index contributed by atoms with van der Waals surface area (Å²) in [5.74, 6) is -1.11. The lowest BCUT2D eigenvalue weighted by molar-refractivity contribution is -0.116. The number of hydrazine groups is 1. The minimum Gasteiger partial charge on any atom is -0.383 e. The second kappa shape index (κ2) is 8.01. The molecule has 0 bridgehead atoms. The normalized spacial score (nSPS) is 18.7. The highest BCUT2D eigenvalue weighted by Crippen LogP contribution is 2.45. The Hall–Kier alpha value is -3.63. The number of ketones is 1. The molecule has 0 saturated carbocycles. The van der Waals surface area contributed by atoms with Crippen molar-refractivity contribution in [1.82, 2.24) is 15.4 Å². The van der Waals surface area contributed by atoms with Crippen LogP contribution in [-0.4, -0.2) is 21.7 Å². The number of aromatic nitrogens is 1. The summed E-state index contributed by atoms with van der Waals surface area (Å²) in [4.78, 5) is 29.7. The topological polar surface area (TPSA) is 112 Å². The number of allylic oxidation sites excluding steroid dienone is 3. The van der Waals surface area contributed by atoms with Crippen molar-refractivity contribution < 1.29 is 9.59 Å². The summed E-state index contributed by atoms with van der Waals surface area (Å²) in [6, 6.07) is 12.5. The fourth-order valence-corrected chi connectivity index (χ4v) is 4.14. The van der Waals surface area contributed by atoms with Gasteiger partial charge in [-0.3, -0.25) is 20.0 Å². The molecule has 4 rings (SSSR count). The lowest BCUT2D eigenvalue weighted by Crippen LogP contribution is -2.48. The van der Waals surface area contributed by atoms with E-state index in [0.29, 0.717) is 46.7 Å². The molecule has 1 unspecified atom stereocenters. The maximum absolute atomic E-state index is 13.0. The quantitative estimate of drug-likeness (QED) is 0.790. The first kappa shape index (κ1) is 19.7. The summed E-state index contributed by atoms with van der Waals surface area (Å²) in [6.07, 6.45) is 4.52. The number of carbonyl (C=O) groups excluding carboxylic acids is 2. The van der Waals surface area contributed by atoms with Crippen molar-refractivity contribution in [2.45, 2.75) is 25.2 Å². The monoisotopic (exact) mass is 419 g/mol. The fourth-order valence-electron chi connectivity index (χ4n) is 3.90.